The van der Waals surface area contributed by atoms with Crippen molar-refractivity contribution in [1.82, 2.24) is 9.97 Å². The summed E-state index contributed by atoms with van der Waals surface area (Å²) in [6, 6.07) is 3.93. The van der Waals surface area contributed by atoms with Crippen LogP contribution in [-0.2, 0) is 13.0 Å². The number of halogens is 2. The van der Waals surface area contributed by atoms with Crippen molar-refractivity contribution in [2.45, 2.75) is 26.3 Å². The van der Waals surface area contributed by atoms with Crippen molar-refractivity contribution in [2.24, 2.45) is 0 Å². The molecule has 0 bridgehead atoms. The molecule has 3 nitrogen and oxygen atoms in total. The lowest BCUT2D eigenvalue weighted by atomic mass is 10.3. The van der Waals surface area contributed by atoms with E-state index >= 15 is 0 Å². The predicted molar refractivity (Wildman–Crippen MR) is 85.2 cm³/mol. The van der Waals surface area contributed by atoms with Crippen LogP contribution in [0.3, 0.4) is 0 Å². The lowest BCUT2D eigenvalue weighted by Crippen LogP contribution is -2.18. The van der Waals surface area contributed by atoms with Crippen LogP contribution >= 0.6 is 38.9 Å². The van der Waals surface area contributed by atoms with Crippen molar-refractivity contribution in [1.29, 1.82) is 0 Å². The lowest BCUT2D eigenvalue weighted by molar-refractivity contribution is 0.814. The Balaban J connectivity index is 2.15. The Hall–Kier alpha value is -0.650. The van der Waals surface area contributed by atoms with E-state index in [1.165, 1.54) is 4.88 Å². The first kappa shape index (κ1) is 14.8. The van der Waals surface area contributed by atoms with Gasteiger partial charge in [-0.05, 0) is 28.4 Å². The quantitative estimate of drug-likeness (QED) is 0.733. The molecule has 0 atom stereocenters. The lowest BCUT2D eigenvalue weighted by Gasteiger charge is -2.18. The van der Waals surface area contributed by atoms with Crippen molar-refractivity contribution in [3.8, 4) is 0 Å². The molecule has 0 saturated carbocycles. The van der Waals surface area contributed by atoms with Gasteiger partial charge in [0.05, 0.1) is 6.54 Å². The third-order valence-corrected chi connectivity index (χ3v) is 4.48. The fourth-order valence-electron chi connectivity index (χ4n) is 1.73. The summed E-state index contributed by atoms with van der Waals surface area (Å²) in [5.41, 5.74) is 0. The van der Waals surface area contributed by atoms with Gasteiger partial charge in [-0.2, -0.15) is 0 Å². The van der Waals surface area contributed by atoms with E-state index in [0.717, 1.165) is 35.5 Å². The fourth-order valence-corrected chi connectivity index (χ4v) is 3.43. The molecule has 0 aromatic carbocycles. The number of thiophene rings is 1. The smallest absolute Gasteiger partial charge is 0.134 e. The Labute approximate surface area is 130 Å². The molecule has 0 spiro atoms. The van der Waals surface area contributed by atoms with Crippen molar-refractivity contribution in [3.05, 3.63) is 37.8 Å². The molecular weight excluding hydrogens is 346 g/mol. The first-order valence-electron chi connectivity index (χ1n) is 6.06. The van der Waals surface area contributed by atoms with E-state index in [1.54, 1.807) is 11.3 Å². The Morgan fingerprint density at radius 1 is 1.37 bits per heavy atom. The third kappa shape index (κ3) is 4.16. The number of anilines is 1. The maximum Gasteiger partial charge on any atom is 0.134 e. The highest BCUT2D eigenvalue weighted by Gasteiger charge is 2.09. The summed E-state index contributed by atoms with van der Waals surface area (Å²) in [4.78, 5) is 12.2. The first-order chi connectivity index (χ1) is 9.08. The van der Waals surface area contributed by atoms with Crippen LogP contribution in [0.25, 0.3) is 0 Å². The van der Waals surface area contributed by atoms with Crippen LogP contribution in [0.4, 0.5) is 5.82 Å². The van der Waals surface area contributed by atoms with Gasteiger partial charge in [0.25, 0.3) is 0 Å². The van der Waals surface area contributed by atoms with Gasteiger partial charge in [-0.3, -0.25) is 0 Å². The molecule has 0 unspecified atom stereocenters. The minimum atomic E-state index is 0.507. The SMILES string of the molecule is CCCc1nc(Cl)cc(N(C)Cc2cc(Br)cs2)n1. The maximum atomic E-state index is 6.05. The molecule has 0 amide bonds. The molecule has 2 heterocycles. The average Bonchev–Trinajstić information content (AvgIpc) is 2.74. The normalized spacial score (nSPS) is 10.7. The van der Waals surface area contributed by atoms with E-state index in [2.05, 4.69) is 49.2 Å². The Morgan fingerprint density at radius 2 is 2.16 bits per heavy atom. The van der Waals surface area contributed by atoms with Crippen LogP contribution in [0.5, 0.6) is 0 Å². The van der Waals surface area contributed by atoms with Crippen LogP contribution in [0, 0.1) is 0 Å². The van der Waals surface area contributed by atoms with Crippen molar-refractivity contribution >= 4 is 44.7 Å². The van der Waals surface area contributed by atoms with Crippen LogP contribution in [0.15, 0.2) is 22.0 Å². The summed E-state index contributed by atoms with van der Waals surface area (Å²) in [6.07, 6.45) is 1.87. The number of nitrogens with zero attached hydrogens (tertiary/aromatic N) is 3. The molecule has 0 N–H and O–H groups in total. The molecule has 0 saturated heterocycles. The van der Waals surface area contributed by atoms with Crippen molar-refractivity contribution in [3.63, 3.8) is 0 Å². The van der Waals surface area contributed by atoms with Gasteiger partial charge in [0.1, 0.15) is 16.8 Å². The van der Waals surface area contributed by atoms with Gasteiger partial charge in [0.15, 0.2) is 0 Å². The zero-order chi connectivity index (χ0) is 13.8. The summed E-state index contributed by atoms with van der Waals surface area (Å²) < 4.78 is 1.12. The molecular formula is C13H15BrClN3S. The standard InChI is InChI=1S/C13H15BrClN3S/c1-3-4-12-16-11(15)6-13(17-12)18(2)7-10-5-9(14)8-19-10/h5-6,8H,3-4,7H2,1-2H3. The van der Waals surface area contributed by atoms with E-state index in [0.29, 0.717) is 5.15 Å². The maximum absolute atomic E-state index is 6.05. The second-order valence-electron chi connectivity index (χ2n) is 4.30. The summed E-state index contributed by atoms with van der Waals surface area (Å²) in [6.45, 7) is 2.92. The Bertz CT molecular complexity index is 559. The second-order valence-corrected chi connectivity index (χ2v) is 6.60. The summed E-state index contributed by atoms with van der Waals surface area (Å²) in [5.74, 6) is 1.68. The zero-order valence-corrected chi connectivity index (χ0v) is 14.0. The van der Waals surface area contributed by atoms with Crippen LogP contribution in [0.1, 0.15) is 24.0 Å². The van der Waals surface area contributed by atoms with Gasteiger partial charge < -0.3 is 4.90 Å². The molecule has 0 aliphatic rings. The molecule has 0 aliphatic heterocycles. The summed E-state index contributed by atoms with van der Waals surface area (Å²) in [7, 11) is 2.02. The molecule has 0 aliphatic carbocycles. The highest BCUT2D eigenvalue weighted by Crippen LogP contribution is 2.23. The molecule has 102 valence electrons. The van der Waals surface area contributed by atoms with E-state index in [9.17, 15) is 0 Å². The number of aromatic nitrogens is 2. The van der Waals surface area contributed by atoms with Gasteiger partial charge in [-0.1, -0.05) is 18.5 Å². The van der Waals surface area contributed by atoms with Crippen LogP contribution in [0.2, 0.25) is 5.15 Å². The number of hydrogen-bond acceptors (Lipinski definition) is 4. The van der Waals surface area contributed by atoms with E-state index in [4.69, 9.17) is 11.6 Å². The topological polar surface area (TPSA) is 29.0 Å². The summed E-state index contributed by atoms with van der Waals surface area (Å²) >= 11 is 11.2. The molecule has 0 fully saturated rings. The molecule has 19 heavy (non-hydrogen) atoms. The van der Waals surface area contributed by atoms with Gasteiger partial charge >= 0.3 is 0 Å². The number of hydrogen-bond donors (Lipinski definition) is 0. The van der Waals surface area contributed by atoms with Crippen LogP contribution in [-0.4, -0.2) is 17.0 Å². The second kappa shape index (κ2) is 6.68. The van der Waals surface area contributed by atoms with Crippen LogP contribution < -0.4 is 4.90 Å². The van der Waals surface area contributed by atoms with Gasteiger partial charge in [0, 0.05) is 34.3 Å². The summed E-state index contributed by atoms with van der Waals surface area (Å²) in [5, 5.41) is 2.59. The molecule has 6 heteroatoms. The molecule has 0 radical (unpaired) electrons. The van der Waals surface area contributed by atoms with E-state index in [1.807, 2.05) is 13.1 Å². The number of rotatable bonds is 5. The van der Waals surface area contributed by atoms with E-state index in [-0.39, 0.29) is 0 Å². The minimum absolute atomic E-state index is 0.507. The Morgan fingerprint density at radius 3 is 2.79 bits per heavy atom. The molecule has 2 rings (SSSR count). The average molecular weight is 361 g/mol. The zero-order valence-electron chi connectivity index (χ0n) is 10.9. The largest absolute Gasteiger partial charge is 0.354 e. The predicted octanol–water partition coefficient (Wildman–Crippen LogP) is 4.54. The van der Waals surface area contributed by atoms with E-state index < -0.39 is 0 Å². The highest BCUT2D eigenvalue weighted by molar-refractivity contribution is 9.10. The fraction of sp³-hybridized carbons (Fsp3) is 0.385. The highest BCUT2D eigenvalue weighted by atomic mass is 79.9. The van der Waals surface area contributed by atoms with Gasteiger partial charge in [-0.25, -0.2) is 9.97 Å². The van der Waals surface area contributed by atoms with Gasteiger partial charge in [0.2, 0.25) is 0 Å². The number of aryl methyl sites for hydroxylation is 1. The minimum Gasteiger partial charge on any atom is -0.354 e. The van der Waals surface area contributed by atoms with Gasteiger partial charge in [-0.15, -0.1) is 11.3 Å². The monoisotopic (exact) mass is 359 g/mol. The third-order valence-electron chi connectivity index (χ3n) is 2.61. The molecule has 2 aromatic rings. The molecule has 2 aromatic heterocycles. The van der Waals surface area contributed by atoms with Crippen molar-refractivity contribution < 1.29 is 0 Å². The first-order valence-corrected chi connectivity index (χ1v) is 8.11. The van der Waals surface area contributed by atoms with Crippen molar-refractivity contribution in [2.75, 3.05) is 11.9 Å². The Kier molecular flexibility index (Phi) is 5.19.